The van der Waals surface area contributed by atoms with Gasteiger partial charge < -0.3 is 15.0 Å². The van der Waals surface area contributed by atoms with Crippen LogP contribution < -0.4 is 5.32 Å². The number of hydrogen-bond acceptors (Lipinski definition) is 3. The number of piperazine rings is 1. The Morgan fingerprint density at radius 1 is 1.24 bits per heavy atom. The van der Waals surface area contributed by atoms with Crippen LogP contribution in [-0.4, -0.2) is 48.1 Å². The van der Waals surface area contributed by atoms with Crippen LogP contribution >= 0.6 is 0 Å². The fourth-order valence-corrected chi connectivity index (χ4v) is 3.82. The summed E-state index contributed by atoms with van der Waals surface area (Å²) in [6, 6.07) is -0.489. The van der Waals surface area contributed by atoms with E-state index in [0.29, 0.717) is 6.61 Å². The minimum atomic E-state index is -0.654. The number of nitrogens with one attached hydrogen (secondary N) is 1. The average molecular weight is 296 g/mol. The number of carbonyl (C=O) groups is 2. The first-order chi connectivity index (χ1) is 9.94. The van der Waals surface area contributed by atoms with Crippen molar-refractivity contribution in [1.82, 2.24) is 10.2 Å². The molecule has 2 rings (SSSR count). The van der Waals surface area contributed by atoms with Crippen molar-refractivity contribution >= 4 is 11.8 Å². The molecule has 0 aromatic heterocycles. The van der Waals surface area contributed by atoms with Gasteiger partial charge in [-0.15, -0.1) is 0 Å². The monoisotopic (exact) mass is 296 g/mol. The molecule has 0 aromatic rings. The second-order valence-electron chi connectivity index (χ2n) is 6.80. The molecule has 0 radical (unpaired) electrons. The first-order valence-electron chi connectivity index (χ1n) is 8.07. The van der Waals surface area contributed by atoms with Crippen LogP contribution in [0.3, 0.4) is 0 Å². The maximum absolute atomic E-state index is 13.0. The highest BCUT2D eigenvalue weighted by molar-refractivity contribution is 6.00. The molecular weight excluding hydrogens is 268 g/mol. The van der Waals surface area contributed by atoms with Crippen LogP contribution in [0, 0.1) is 5.92 Å². The predicted octanol–water partition coefficient (Wildman–Crippen LogP) is 1.71. The molecule has 2 unspecified atom stereocenters. The molecule has 1 aliphatic carbocycles. The number of nitrogens with zero attached hydrogens (tertiary/aromatic N) is 1. The maximum Gasteiger partial charge on any atom is 0.246 e. The van der Waals surface area contributed by atoms with E-state index in [2.05, 4.69) is 5.32 Å². The largest absolute Gasteiger partial charge is 0.383 e. The molecule has 2 fully saturated rings. The fourth-order valence-electron chi connectivity index (χ4n) is 3.82. The molecule has 1 aliphatic heterocycles. The summed E-state index contributed by atoms with van der Waals surface area (Å²) in [7, 11) is 1.64. The highest BCUT2D eigenvalue weighted by atomic mass is 16.5. The van der Waals surface area contributed by atoms with Crippen molar-refractivity contribution in [3.05, 3.63) is 0 Å². The maximum atomic E-state index is 13.0. The zero-order valence-corrected chi connectivity index (χ0v) is 13.6. The summed E-state index contributed by atoms with van der Waals surface area (Å²) in [4.78, 5) is 27.6. The Morgan fingerprint density at radius 2 is 1.86 bits per heavy atom. The van der Waals surface area contributed by atoms with E-state index in [-0.39, 0.29) is 23.8 Å². The second kappa shape index (κ2) is 6.34. The molecule has 1 heterocycles. The molecule has 1 spiro atoms. The van der Waals surface area contributed by atoms with Gasteiger partial charge in [0, 0.05) is 7.11 Å². The minimum absolute atomic E-state index is 0.0310. The highest BCUT2D eigenvalue weighted by Gasteiger charge is 2.54. The first kappa shape index (κ1) is 16.3. The Hall–Kier alpha value is -1.10. The molecule has 1 saturated heterocycles. The lowest BCUT2D eigenvalue weighted by Gasteiger charge is -2.52. The van der Waals surface area contributed by atoms with Gasteiger partial charge in [-0.25, -0.2) is 0 Å². The topological polar surface area (TPSA) is 58.6 Å². The molecule has 21 heavy (non-hydrogen) atoms. The highest BCUT2D eigenvalue weighted by Crippen LogP contribution is 2.38. The summed E-state index contributed by atoms with van der Waals surface area (Å²) in [5.74, 6) is 0.180. The van der Waals surface area contributed by atoms with Crippen LogP contribution in [0.15, 0.2) is 0 Å². The normalized spacial score (nSPS) is 27.1. The Labute approximate surface area is 127 Å². The zero-order valence-electron chi connectivity index (χ0n) is 13.6. The second-order valence-corrected chi connectivity index (χ2v) is 6.80. The van der Waals surface area contributed by atoms with Gasteiger partial charge in [0.25, 0.3) is 0 Å². The summed E-state index contributed by atoms with van der Waals surface area (Å²) in [5.41, 5.74) is -0.654. The smallest absolute Gasteiger partial charge is 0.246 e. The number of amides is 2. The van der Waals surface area contributed by atoms with Gasteiger partial charge in [-0.2, -0.15) is 0 Å². The SMILES string of the molecule is COCC(C)N1C(=O)C(C(C)C)NC(=O)C12CCCCC2. The Kier molecular flexibility index (Phi) is 4.91. The molecule has 0 aromatic carbocycles. The van der Waals surface area contributed by atoms with E-state index >= 15 is 0 Å². The quantitative estimate of drug-likeness (QED) is 0.859. The van der Waals surface area contributed by atoms with Crippen molar-refractivity contribution in [2.24, 2.45) is 5.92 Å². The molecule has 1 N–H and O–H groups in total. The lowest BCUT2D eigenvalue weighted by molar-refractivity contribution is -0.166. The van der Waals surface area contributed by atoms with Gasteiger partial charge in [0.2, 0.25) is 11.8 Å². The molecular formula is C16H28N2O3. The van der Waals surface area contributed by atoms with E-state index in [4.69, 9.17) is 4.74 Å². The van der Waals surface area contributed by atoms with Gasteiger partial charge in [0.05, 0.1) is 12.6 Å². The third kappa shape index (κ3) is 2.80. The van der Waals surface area contributed by atoms with Crippen LogP contribution in [-0.2, 0) is 14.3 Å². The number of rotatable bonds is 4. The third-order valence-corrected chi connectivity index (χ3v) is 4.87. The van der Waals surface area contributed by atoms with Crippen molar-refractivity contribution < 1.29 is 14.3 Å². The molecule has 2 amide bonds. The molecule has 2 aliphatic rings. The van der Waals surface area contributed by atoms with Gasteiger partial charge in [-0.3, -0.25) is 9.59 Å². The van der Waals surface area contributed by atoms with Gasteiger partial charge in [0.15, 0.2) is 0 Å². The molecule has 1 saturated carbocycles. The fraction of sp³-hybridized carbons (Fsp3) is 0.875. The van der Waals surface area contributed by atoms with Gasteiger partial charge >= 0.3 is 0 Å². The van der Waals surface area contributed by atoms with Gasteiger partial charge in [-0.05, 0) is 25.7 Å². The Morgan fingerprint density at radius 3 is 2.38 bits per heavy atom. The van der Waals surface area contributed by atoms with Crippen LogP contribution in [0.5, 0.6) is 0 Å². The van der Waals surface area contributed by atoms with E-state index in [9.17, 15) is 9.59 Å². The third-order valence-electron chi connectivity index (χ3n) is 4.87. The first-order valence-corrected chi connectivity index (χ1v) is 8.07. The van der Waals surface area contributed by atoms with Crippen molar-refractivity contribution in [1.29, 1.82) is 0 Å². The number of methoxy groups -OCH3 is 1. The van der Waals surface area contributed by atoms with E-state index in [1.807, 2.05) is 25.7 Å². The van der Waals surface area contributed by atoms with Crippen LogP contribution in [0.1, 0.15) is 52.9 Å². The average Bonchev–Trinajstić information content (AvgIpc) is 2.44. The molecule has 2 atom stereocenters. The molecule has 0 bridgehead atoms. The summed E-state index contributed by atoms with van der Waals surface area (Å²) in [6.07, 6.45) is 4.68. The van der Waals surface area contributed by atoms with Crippen LogP contribution in [0.4, 0.5) is 0 Å². The van der Waals surface area contributed by atoms with Crippen molar-refractivity contribution in [2.75, 3.05) is 13.7 Å². The Balaban J connectivity index is 2.37. The zero-order chi connectivity index (χ0) is 15.6. The van der Waals surface area contributed by atoms with E-state index < -0.39 is 11.6 Å². The predicted molar refractivity (Wildman–Crippen MR) is 80.8 cm³/mol. The Bertz CT molecular complexity index is 402. The van der Waals surface area contributed by atoms with Gasteiger partial charge in [0.1, 0.15) is 11.6 Å². The summed E-state index contributed by atoms with van der Waals surface area (Å²) < 4.78 is 5.24. The van der Waals surface area contributed by atoms with E-state index in [1.54, 1.807) is 7.11 Å². The van der Waals surface area contributed by atoms with Crippen LogP contribution in [0.25, 0.3) is 0 Å². The van der Waals surface area contributed by atoms with Crippen molar-refractivity contribution in [3.8, 4) is 0 Å². The molecule has 5 nitrogen and oxygen atoms in total. The molecule has 120 valence electrons. The van der Waals surface area contributed by atoms with Crippen molar-refractivity contribution in [2.45, 2.75) is 70.5 Å². The molecule has 5 heteroatoms. The number of hydrogen-bond donors (Lipinski definition) is 1. The summed E-state index contributed by atoms with van der Waals surface area (Å²) >= 11 is 0. The summed E-state index contributed by atoms with van der Waals surface area (Å²) in [6.45, 7) is 6.39. The van der Waals surface area contributed by atoms with Crippen molar-refractivity contribution in [3.63, 3.8) is 0 Å². The summed E-state index contributed by atoms with van der Waals surface area (Å²) in [5, 5.41) is 2.98. The minimum Gasteiger partial charge on any atom is -0.383 e. The lowest BCUT2D eigenvalue weighted by atomic mass is 9.76. The standard InChI is InChI=1S/C16H28N2O3/c1-11(2)13-14(19)18(12(3)10-21-4)16(15(20)17-13)8-6-5-7-9-16/h11-13H,5-10H2,1-4H3,(H,17,20). The van der Waals surface area contributed by atoms with Crippen LogP contribution in [0.2, 0.25) is 0 Å². The van der Waals surface area contributed by atoms with Gasteiger partial charge in [-0.1, -0.05) is 33.1 Å². The number of ether oxygens (including phenoxy) is 1. The lowest BCUT2D eigenvalue weighted by Crippen LogP contribution is -2.74. The number of carbonyl (C=O) groups excluding carboxylic acids is 2. The van der Waals surface area contributed by atoms with E-state index in [1.165, 1.54) is 0 Å². The van der Waals surface area contributed by atoms with E-state index in [0.717, 1.165) is 32.1 Å².